The Kier molecular flexibility index (Phi) is 5.70. The van der Waals surface area contributed by atoms with E-state index in [-0.39, 0.29) is 5.91 Å². The Balaban J connectivity index is 1.85. The van der Waals surface area contributed by atoms with E-state index in [9.17, 15) is 4.79 Å². The molecule has 0 spiro atoms. The molecule has 1 amide bonds. The molecule has 0 unspecified atom stereocenters. The second-order valence-electron chi connectivity index (χ2n) is 4.72. The van der Waals surface area contributed by atoms with E-state index in [2.05, 4.69) is 27.5 Å². The van der Waals surface area contributed by atoms with Gasteiger partial charge in [0, 0.05) is 37.2 Å². The lowest BCUT2D eigenvalue weighted by Gasteiger charge is -2.07. The zero-order valence-corrected chi connectivity index (χ0v) is 12.2. The van der Waals surface area contributed by atoms with Gasteiger partial charge < -0.3 is 10.6 Å². The van der Waals surface area contributed by atoms with Crippen molar-refractivity contribution < 1.29 is 4.79 Å². The molecule has 0 radical (unpaired) electrons. The summed E-state index contributed by atoms with van der Waals surface area (Å²) in [5.74, 6) is 0.657. The van der Waals surface area contributed by atoms with Crippen molar-refractivity contribution in [2.24, 2.45) is 0 Å². The second-order valence-corrected chi connectivity index (χ2v) is 4.72. The Morgan fingerprint density at radius 2 is 1.95 bits per heavy atom. The molecule has 2 N–H and O–H groups in total. The molecule has 0 bridgehead atoms. The SMILES string of the molecule is CCCNc1cc(C(=O)NCCc2ccncc2)ccn1. The highest BCUT2D eigenvalue weighted by atomic mass is 16.1. The normalized spacial score (nSPS) is 10.1. The molecule has 0 aromatic carbocycles. The number of hydrogen-bond acceptors (Lipinski definition) is 4. The van der Waals surface area contributed by atoms with Gasteiger partial charge in [-0.05, 0) is 42.7 Å². The highest BCUT2D eigenvalue weighted by Crippen LogP contribution is 2.07. The molecular weight excluding hydrogens is 264 g/mol. The van der Waals surface area contributed by atoms with E-state index in [0.717, 1.165) is 30.8 Å². The van der Waals surface area contributed by atoms with Gasteiger partial charge in [0.25, 0.3) is 5.91 Å². The summed E-state index contributed by atoms with van der Waals surface area (Å²) in [5.41, 5.74) is 1.78. The Morgan fingerprint density at radius 3 is 2.71 bits per heavy atom. The van der Waals surface area contributed by atoms with Crippen molar-refractivity contribution in [3.05, 3.63) is 54.0 Å². The van der Waals surface area contributed by atoms with E-state index in [1.807, 2.05) is 12.1 Å². The first-order valence-electron chi connectivity index (χ1n) is 7.16. The lowest BCUT2D eigenvalue weighted by molar-refractivity contribution is 0.0954. The second kappa shape index (κ2) is 7.99. The molecule has 0 aliphatic rings. The fourth-order valence-electron chi connectivity index (χ4n) is 1.89. The minimum Gasteiger partial charge on any atom is -0.370 e. The van der Waals surface area contributed by atoms with Gasteiger partial charge in [0.2, 0.25) is 0 Å². The van der Waals surface area contributed by atoms with Gasteiger partial charge in [-0.2, -0.15) is 0 Å². The summed E-state index contributed by atoms with van der Waals surface area (Å²) in [4.78, 5) is 20.2. The predicted octanol–water partition coefficient (Wildman–Crippen LogP) is 2.27. The number of aromatic nitrogens is 2. The van der Waals surface area contributed by atoms with Crippen molar-refractivity contribution in [2.75, 3.05) is 18.4 Å². The summed E-state index contributed by atoms with van der Waals surface area (Å²) in [5, 5.41) is 6.09. The molecule has 2 rings (SSSR count). The molecule has 5 nitrogen and oxygen atoms in total. The Labute approximate surface area is 124 Å². The number of hydrogen-bond donors (Lipinski definition) is 2. The topological polar surface area (TPSA) is 66.9 Å². The summed E-state index contributed by atoms with van der Waals surface area (Å²) in [6.07, 6.45) is 6.97. The number of amides is 1. The van der Waals surface area contributed by atoms with Crippen molar-refractivity contribution in [3.63, 3.8) is 0 Å². The molecule has 5 heteroatoms. The molecule has 0 saturated carbocycles. The van der Waals surface area contributed by atoms with Gasteiger partial charge in [0.15, 0.2) is 0 Å². The van der Waals surface area contributed by atoms with Crippen molar-refractivity contribution in [2.45, 2.75) is 19.8 Å². The average Bonchev–Trinajstić information content (AvgIpc) is 2.54. The van der Waals surface area contributed by atoms with Crippen LogP contribution in [0.3, 0.4) is 0 Å². The first kappa shape index (κ1) is 15.0. The fourth-order valence-corrected chi connectivity index (χ4v) is 1.89. The van der Waals surface area contributed by atoms with Crippen LogP contribution in [0.15, 0.2) is 42.9 Å². The quantitative estimate of drug-likeness (QED) is 0.818. The number of carbonyl (C=O) groups excluding carboxylic acids is 1. The van der Waals surface area contributed by atoms with Gasteiger partial charge in [-0.25, -0.2) is 4.98 Å². The van der Waals surface area contributed by atoms with Crippen LogP contribution in [0.4, 0.5) is 5.82 Å². The van der Waals surface area contributed by atoms with Crippen molar-refractivity contribution in [1.29, 1.82) is 0 Å². The van der Waals surface area contributed by atoms with E-state index >= 15 is 0 Å². The minimum atomic E-state index is -0.0778. The molecule has 0 saturated heterocycles. The van der Waals surface area contributed by atoms with Crippen LogP contribution < -0.4 is 10.6 Å². The van der Waals surface area contributed by atoms with E-state index in [4.69, 9.17) is 0 Å². The monoisotopic (exact) mass is 284 g/mol. The van der Waals surface area contributed by atoms with Crippen LogP contribution in [0.25, 0.3) is 0 Å². The molecule has 0 fully saturated rings. The van der Waals surface area contributed by atoms with Gasteiger partial charge in [-0.15, -0.1) is 0 Å². The lowest BCUT2D eigenvalue weighted by atomic mass is 10.2. The third kappa shape index (κ3) is 4.87. The maximum Gasteiger partial charge on any atom is 0.251 e. The molecule has 110 valence electrons. The third-order valence-electron chi connectivity index (χ3n) is 3.03. The molecule has 2 heterocycles. The lowest BCUT2D eigenvalue weighted by Crippen LogP contribution is -2.25. The van der Waals surface area contributed by atoms with Crippen molar-refractivity contribution >= 4 is 11.7 Å². The third-order valence-corrected chi connectivity index (χ3v) is 3.03. The smallest absolute Gasteiger partial charge is 0.251 e. The summed E-state index contributed by atoms with van der Waals surface area (Å²) in [7, 11) is 0. The van der Waals surface area contributed by atoms with Gasteiger partial charge >= 0.3 is 0 Å². The largest absolute Gasteiger partial charge is 0.370 e. The summed E-state index contributed by atoms with van der Waals surface area (Å²) in [6, 6.07) is 7.40. The fraction of sp³-hybridized carbons (Fsp3) is 0.312. The first-order valence-corrected chi connectivity index (χ1v) is 7.16. The Bertz CT molecular complexity index is 571. The van der Waals surface area contributed by atoms with Crippen molar-refractivity contribution in [3.8, 4) is 0 Å². The molecule has 0 aliphatic heterocycles. The zero-order chi connectivity index (χ0) is 14.9. The number of nitrogens with one attached hydrogen (secondary N) is 2. The van der Waals surface area contributed by atoms with E-state index in [1.54, 1.807) is 30.7 Å². The van der Waals surface area contributed by atoms with E-state index in [1.165, 1.54) is 0 Å². The molecule has 0 aliphatic carbocycles. The van der Waals surface area contributed by atoms with Gasteiger partial charge in [0.1, 0.15) is 5.82 Å². The predicted molar refractivity (Wildman–Crippen MR) is 83.3 cm³/mol. The van der Waals surface area contributed by atoms with Crippen LogP contribution in [0.1, 0.15) is 29.3 Å². The summed E-state index contributed by atoms with van der Waals surface area (Å²) < 4.78 is 0. The molecular formula is C16H20N4O. The number of nitrogens with zero attached hydrogens (tertiary/aromatic N) is 2. The summed E-state index contributed by atoms with van der Waals surface area (Å²) in [6.45, 7) is 3.53. The Morgan fingerprint density at radius 1 is 1.14 bits per heavy atom. The van der Waals surface area contributed by atoms with Crippen LogP contribution in [0.5, 0.6) is 0 Å². The van der Waals surface area contributed by atoms with Crippen LogP contribution >= 0.6 is 0 Å². The van der Waals surface area contributed by atoms with Crippen LogP contribution in [-0.4, -0.2) is 29.0 Å². The van der Waals surface area contributed by atoms with Gasteiger partial charge in [0.05, 0.1) is 0 Å². The number of carbonyl (C=O) groups is 1. The van der Waals surface area contributed by atoms with Crippen LogP contribution in [0.2, 0.25) is 0 Å². The Hall–Kier alpha value is -2.43. The van der Waals surface area contributed by atoms with E-state index < -0.39 is 0 Å². The van der Waals surface area contributed by atoms with Crippen molar-refractivity contribution in [1.82, 2.24) is 15.3 Å². The maximum atomic E-state index is 12.1. The highest BCUT2D eigenvalue weighted by molar-refractivity contribution is 5.94. The molecule has 0 atom stereocenters. The maximum absolute atomic E-state index is 12.1. The minimum absolute atomic E-state index is 0.0778. The molecule has 2 aromatic rings. The van der Waals surface area contributed by atoms with E-state index in [0.29, 0.717) is 12.1 Å². The average molecular weight is 284 g/mol. The standard InChI is InChI=1S/C16H20N4O/c1-2-7-18-15-12-14(6-11-19-15)16(21)20-10-5-13-3-8-17-9-4-13/h3-4,6,8-9,11-12H,2,5,7,10H2,1H3,(H,18,19)(H,20,21). The number of anilines is 1. The zero-order valence-electron chi connectivity index (χ0n) is 12.2. The number of rotatable bonds is 7. The molecule has 21 heavy (non-hydrogen) atoms. The van der Waals surface area contributed by atoms with Crippen LogP contribution in [-0.2, 0) is 6.42 Å². The highest BCUT2D eigenvalue weighted by Gasteiger charge is 2.06. The van der Waals surface area contributed by atoms with Gasteiger partial charge in [-0.3, -0.25) is 9.78 Å². The molecule has 2 aromatic heterocycles. The van der Waals surface area contributed by atoms with Gasteiger partial charge in [-0.1, -0.05) is 6.92 Å². The van der Waals surface area contributed by atoms with Crippen LogP contribution in [0, 0.1) is 0 Å². The number of pyridine rings is 2. The summed E-state index contributed by atoms with van der Waals surface area (Å²) >= 11 is 0. The first-order chi connectivity index (χ1) is 10.3.